The van der Waals surface area contributed by atoms with Crippen molar-refractivity contribution >= 4 is 0 Å². The van der Waals surface area contributed by atoms with Crippen LogP contribution in [0.5, 0.6) is 0 Å². The second kappa shape index (κ2) is 4.56. The number of azide groups is 1. The Balaban J connectivity index is 1.85. The third kappa shape index (κ3) is 2.39. The van der Waals surface area contributed by atoms with Gasteiger partial charge in [0.15, 0.2) is 17.9 Å². The molecule has 3 saturated heterocycles. The van der Waals surface area contributed by atoms with Crippen molar-refractivity contribution in [3.05, 3.63) is 10.4 Å². The van der Waals surface area contributed by atoms with Crippen LogP contribution < -0.4 is 0 Å². The van der Waals surface area contributed by atoms with Gasteiger partial charge in [0.2, 0.25) is 0 Å². The summed E-state index contributed by atoms with van der Waals surface area (Å²) in [6.07, 6.45) is -1.93. The molecule has 3 aliphatic heterocycles. The molecule has 0 radical (unpaired) electrons. The monoisotopic (exact) mass is 285 g/mol. The highest BCUT2D eigenvalue weighted by molar-refractivity contribution is 5.00. The molecule has 0 aromatic rings. The van der Waals surface area contributed by atoms with Crippen molar-refractivity contribution in [2.24, 2.45) is 5.11 Å². The van der Waals surface area contributed by atoms with Gasteiger partial charge < -0.3 is 23.7 Å². The van der Waals surface area contributed by atoms with Gasteiger partial charge in [0.05, 0.1) is 12.6 Å². The van der Waals surface area contributed by atoms with Crippen LogP contribution in [0.3, 0.4) is 0 Å². The second-order valence-electron chi connectivity index (χ2n) is 6.12. The molecular formula is C12H19N3O5. The Hall–Kier alpha value is -0.890. The standard InChI is InChI=1S/C12H19N3O5/c1-11(2)17-7-6(5-14-15-13)16-10-9(8(7)18-11)19-12(3,4)20-10/h6-10H,5H2,1-4H3/t6-,7+,8-,9-,10-/m1/s1. The molecule has 8 nitrogen and oxygen atoms in total. The van der Waals surface area contributed by atoms with Gasteiger partial charge in [0, 0.05) is 4.91 Å². The molecule has 3 fully saturated rings. The summed E-state index contributed by atoms with van der Waals surface area (Å²) in [4.78, 5) is 2.77. The SMILES string of the molecule is CC1(C)O[C@@H]2[C@@H](O1)[C@@H](CN=[N+]=[N-])O[C@@H]1OC(C)(C)O[C@@H]12. The van der Waals surface area contributed by atoms with Gasteiger partial charge in [-0.25, -0.2) is 0 Å². The number of nitrogens with zero attached hydrogens (tertiary/aromatic N) is 3. The topological polar surface area (TPSA) is 94.9 Å². The van der Waals surface area contributed by atoms with E-state index in [1.165, 1.54) is 0 Å². The lowest BCUT2D eigenvalue weighted by molar-refractivity contribution is -0.231. The number of ether oxygens (including phenoxy) is 5. The van der Waals surface area contributed by atoms with Crippen molar-refractivity contribution in [2.45, 2.75) is 70.0 Å². The lowest BCUT2D eigenvalue weighted by Crippen LogP contribution is -2.55. The molecule has 0 aromatic carbocycles. The van der Waals surface area contributed by atoms with Crippen molar-refractivity contribution < 1.29 is 23.7 Å². The Morgan fingerprint density at radius 1 is 0.950 bits per heavy atom. The average Bonchev–Trinajstić information content (AvgIpc) is 2.80. The first-order valence-electron chi connectivity index (χ1n) is 6.69. The van der Waals surface area contributed by atoms with E-state index in [0.717, 1.165) is 0 Å². The third-order valence-corrected chi connectivity index (χ3v) is 3.58. The molecule has 0 bridgehead atoms. The fraction of sp³-hybridized carbons (Fsp3) is 1.00. The molecule has 112 valence electrons. The molecule has 0 spiro atoms. The quantitative estimate of drug-likeness (QED) is 0.437. The predicted octanol–water partition coefficient (Wildman–Crippen LogP) is 1.69. The molecule has 3 aliphatic rings. The molecule has 3 heterocycles. The van der Waals surface area contributed by atoms with Crippen LogP contribution in [0.1, 0.15) is 27.7 Å². The lowest BCUT2D eigenvalue weighted by Gasteiger charge is -2.36. The van der Waals surface area contributed by atoms with E-state index in [4.69, 9.17) is 29.2 Å². The second-order valence-corrected chi connectivity index (χ2v) is 6.12. The van der Waals surface area contributed by atoms with Crippen LogP contribution >= 0.6 is 0 Å². The molecule has 0 N–H and O–H groups in total. The maximum Gasteiger partial charge on any atom is 0.190 e. The Kier molecular flexibility index (Phi) is 3.20. The fourth-order valence-corrected chi connectivity index (χ4v) is 2.96. The first kappa shape index (κ1) is 14.1. The van der Waals surface area contributed by atoms with Crippen molar-refractivity contribution in [1.82, 2.24) is 0 Å². The molecular weight excluding hydrogens is 266 g/mol. The van der Waals surface area contributed by atoms with Gasteiger partial charge in [-0.2, -0.15) is 0 Å². The number of fused-ring (bicyclic) bond motifs is 3. The maximum absolute atomic E-state index is 8.49. The molecule has 8 heteroatoms. The third-order valence-electron chi connectivity index (χ3n) is 3.58. The zero-order chi connectivity index (χ0) is 14.5. The van der Waals surface area contributed by atoms with Gasteiger partial charge in [-0.15, -0.1) is 0 Å². The van der Waals surface area contributed by atoms with Crippen molar-refractivity contribution in [3.8, 4) is 0 Å². The molecule has 0 unspecified atom stereocenters. The van der Waals surface area contributed by atoms with Crippen LogP contribution in [-0.4, -0.2) is 48.8 Å². The Morgan fingerprint density at radius 2 is 1.55 bits per heavy atom. The summed E-state index contributed by atoms with van der Waals surface area (Å²) in [7, 11) is 0. The van der Waals surface area contributed by atoms with Crippen LogP contribution in [0.15, 0.2) is 5.11 Å². The van der Waals surface area contributed by atoms with Gasteiger partial charge in [-0.3, -0.25) is 0 Å². The number of hydrogen-bond donors (Lipinski definition) is 0. The van der Waals surface area contributed by atoms with Gasteiger partial charge in [0.1, 0.15) is 18.3 Å². The summed E-state index contributed by atoms with van der Waals surface area (Å²) in [5.74, 6) is -1.46. The van der Waals surface area contributed by atoms with E-state index in [0.29, 0.717) is 0 Å². The van der Waals surface area contributed by atoms with E-state index in [2.05, 4.69) is 10.0 Å². The van der Waals surface area contributed by atoms with E-state index in [1.807, 2.05) is 27.7 Å². The summed E-state index contributed by atoms with van der Waals surface area (Å²) in [5, 5.41) is 3.58. The Labute approximate surface area is 116 Å². The van der Waals surface area contributed by atoms with Gasteiger partial charge >= 0.3 is 0 Å². The molecule has 0 aromatic heterocycles. The highest BCUT2D eigenvalue weighted by atomic mass is 16.9. The molecule has 3 rings (SSSR count). The highest BCUT2D eigenvalue weighted by Gasteiger charge is 2.60. The van der Waals surface area contributed by atoms with Crippen molar-refractivity contribution in [3.63, 3.8) is 0 Å². The zero-order valence-electron chi connectivity index (χ0n) is 12.0. The Morgan fingerprint density at radius 3 is 2.25 bits per heavy atom. The minimum atomic E-state index is -0.733. The molecule has 5 atom stereocenters. The minimum Gasteiger partial charge on any atom is -0.344 e. The van der Waals surface area contributed by atoms with Crippen molar-refractivity contribution in [2.75, 3.05) is 6.54 Å². The largest absolute Gasteiger partial charge is 0.344 e. The summed E-state index contributed by atoms with van der Waals surface area (Å²) >= 11 is 0. The Bertz CT molecular complexity index is 448. The fourth-order valence-electron chi connectivity index (χ4n) is 2.96. The number of hydrogen-bond acceptors (Lipinski definition) is 6. The highest BCUT2D eigenvalue weighted by Crippen LogP contribution is 2.44. The summed E-state index contributed by atoms with van der Waals surface area (Å²) in [6.45, 7) is 7.50. The molecule has 0 amide bonds. The van der Waals surface area contributed by atoms with Crippen LogP contribution in [0, 0.1) is 0 Å². The predicted molar refractivity (Wildman–Crippen MR) is 66.5 cm³/mol. The first-order chi connectivity index (χ1) is 9.31. The van der Waals surface area contributed by atoms with Gasteiger partial charge in [0.25, 0.3) is 0 Å². The summed E-state index contributed by atoms with van der Waals surface area (Å²) in [6, 6.07) is 0. The van der Waals surface area contributed by atoms with E-state index < -0.39 is 24.0 Å². The van der Waals surface area contributed by atoms with Crippen LogP contribution in [0.4, 0.5) is 0 Å². The first-order valence-corrected chi connectivity index (χ1v) is 6.69. The van der Waals surface area contributed by atoms with Crippen LogP contribution in [-0.2, 0) is 23.7 Å². The maximum atomic E-state index is 8.49. The number of rotatable bonds is 2. The lowest BCUT2D eigenvalue weighted by atomic mass is 9.99. The van der Waals surface area contributed by atoms with E-state index >= 15 is 0 Å². The summed E-state index contributed by atoms with van der Waals surface area (Å²) < 4.78 is 29.2. The van der Waals surface area contributed by atoms with Crippen LogP contribution in [0.25, 0.3) is 10.4 Å². The van der Waals surface area contributed by atoms with Gasteiger partial charge in [-0.1, -0.05) is 5.11 Å². The average molecular weight is 285 g/mol. The van der Waals surface area contributed by atoms with Crippen LogP contribution in [0.2, 0.25) is 0 Å². The minimum absolute atomic E-state index is 0.171. The molecule has 20 heavy (non-hydrogen) atoms. The smallest absolute Gasteiger partial charge is 0.190 e. The molecule has 0 saturated carbocycles. The molecule has 0 aliphatic carbocycles. The van der Waals surface area contributed by atoms with Gasteiger partial charge in [-0.05, 0) is 33.2 Å². The zero-order valence-corrected chi connectivity index (χ0v) is 12.0. The van der Waals surface area contributed by atoms with E-state index in [-0.39, 0.29) is 24.9 Å². The van der Waals surface area contributed by atoms with Crippen molar-refractivity contribution in [1.29, 1.82) is 0 Å². The van der Waals surface area contributed by atoms with E-state index in [1.54, 1.807) is 0 Å². The summed E-state index contributed by atoms with van der Waals surface area (Å²) in [5.41, 5.74) is 8.49. The van der Waals surface area contributed by atoms with E-state index in [9.17, 15) is 0 Å². The normalized spacial score (nSPS) is 44.5.